The molecule has 1 amide bonds. The summed E-state index contributed by atoms with van der Waals surface area (Å²) in [4.78, 5) is 17.0. The maximum atomic E-state index is 12.9. The van der Waals surface area contributed by atoms with E-state index < -0.39 is 6.10 Å². The molecule has 172 valence electrons. The van der Waals surface area contributed by atoms with Crippen LogP contribution in [0.15, 0.2) is 54.6 Å². The predicted octanol–water partition coefficient (Wildman–Crippen LogP) is 3.89. The lowest BCUT2D eigenvalue weighted by molar-refractivity contribution is -0.138. The van der Waals surface area contributed by atoms with Gasteiger partial charge in [-0.2, -0.15) is 0 Å². The molecule has 1 saturated heterocycles. The predicted molar refractivity (Wildman–Crippen MR) is 129 cm³/mol. The maximum Gasteiger partial charge on any atom is 0.263 e. The minimum Gasteiger partial charge on any atom is -0.497 e. The molecule has 1 aliphatic heterocycles. The van der Waals surface area contributed by atoms with Crippen LogP contribution in [0.5, 0.6) is 11.5 Å². The van der Waals surface area contributed by atoms with Gasteiger partial charge in [-0.25, -0.2) is 0 Å². The number of anilines is 1. The molecule has 0 aliphatic carbocycles. The summed E-state index contributed by atoms with van der Waals surface area (Å²) in [6.07, 6.45) is -0.529. The van der Waals surface area contributed by atoms with Crippen molar-refractivity contribution in [3.63, 3.8) is 0 Å². The third kappa shape index (κ3) is 5.08. The Morgan fingerprint density at radius 1 is 0.970 bits per heavy atom. The fraction of sp³-hybridized carbons (Fsp3) is 0.346. The quantitative estimate of drug-likeness (QED) is 0.572. The maximum absolute atomic E-state index is 12.9. The van der Waals surface area contributed by atoms with Gasteiger partial charge in [-0.1, -0.05) is 24.3 Å². The molecule has 1 atom stereocenters. The molecule has 0 N–H and O–H groups in total. The number of piperazine rings is 1. The number of ether oxygens (including phenoxy) is 2. The van der Waals surface area contributed by atoms with E-state index in [1.165, 1.54) is 0 Å². The van der Waals surface area contributed by atoms with Gasteiger partial charge in [-0.3, -0.25) is 4.79 Å². The normalized spacial score (nSPS) is 14.7. The molecule has 1 aromatic heterocycles. The number of methoxy groups -OCH3 is 1. The van der Waals surface area contributed by atoms with Crippen molar-refractivity contribution in [2.24, 2.45) is 0 Å². The van der Waals surface area contributed by atoms with E-state index in [-0.39, 0.29) is 5.91 Å². The Kier molecular flexibility index (Phi) is 6.77. The molecule has 4 rings (SSSR count). The molecule has 0 radical (unpaired) electrons. The summed E-state index contributed by atoms with van der Waals surface area (Å²) >= 11 is 0. The molecule has 1 fully saturated rings. The Morgan fingerprint density at radius 2 is 1.73 bits per heavy atom. The molecule has 0 bridgehead atoms. The standard InChI is InChI=1S/C26H30N4O3/c1-18-7-5-10-24(19(18)2)33-20(3)26(31)30-15-13-29(14-16-30)25-12-11-23(27-28-25)21-8-6-9-22(17-21)32-4/h5-12,17,20H,13-16H2,1-4H3. The number of nitrogens with zero attached hydrogens (tertiary/aromatic N) is 4. The second-order valence-electron chi connectivity index (χ2n) is 8.28. The topological polar surface area (TPSA) is 67.8 Å². The highest BCUT2D eigenvalue weighted by Crippen LogP contribution is 2.24. The summed E-state index contributed by atoms with van der Waals surface area (Å²) in [5, 5.41) is 8.82. The highest BCUT2D eigenvalue weighted by atomic mass is 16.5. The minimum absolute atomic E-state index is 0.00927. The van der Waals surface area contributed by atoms with Crippen LogP contribution in [0.1, 0.15) is 18.1 Å². The van der Waals surface area contributed by atoms with E-state index in [4.69, 9.17) is 9.47 Å². The van der Waals surface area contributed by atoms with Crippen LogP contribution in [0.2, 0.25) is 0 Å². The fourth-order valence-electron chi connectivity index (χ4n) is 3.94. The molecule has 2 aromatic carbocycles. The van der Waals surface area contributed by atoms with Crippen molar-refractivity contribution in [3.8, 4) is 22.8 Å². The average Bonchev–Trinajstić information content (AvgIpc) is 2.86. The van der Waals surface area contributed by atoms with Crippen molar-refractivity contribution < 1.29 is 14.3 Å². The lowest BCUT2D eigenvalue weighted by Gasteiger charge is -2.36. The molecule has 7 heteroatoms. The Morgan fingerprint density at radius 3 is 2.42 bits per heavy atom. The molecular weight excluding hydrogens is 416 g/mol. The minimum atomic E-state index is -0.529. The van der Waals surface area contributed by atoms with Gasteiger partial charge in [0.2, 0.25) is 0 Å². The monoisotopic (exact) mass is 446 g/mol. The first-order valence-electron chi connectivity index (χ1n) is 11.2. The van der Waals surface area contributed by atoms with Gasteiger partial charge in [0.05, 0.1) is 12.8 Å². The Balaban J connectivity index is 1.34. The lowest BCUT2D eigenvalue weighted by Crippen LogP contribution is -2.52. The van der Waals surface area contributed by atoms with Gasteiger partial charge in [0, 0.05) is 31.7 Å². The summed E-state index contributed by atoms with van der Waals surface area (Å²) in [5.41, 5.74) is 3.97. The van der Waals surface area contributed by atoms with Crippen LogP contribution in [0.3, 0.4) is 0 Å². The highest BCUT2D eigenvalue weighted by Gasteiger charge is 2.27. The Bertz CT molecular complexity index is 1110. The number of rotatable bonds is 6. The molecule has 7 nitrogen and oxygen atoms in total. The van der Waals surface area contributed by atoms with E-state index in [0.717, 1.165) is 39.7 Å². The van der Waals surface area contributed by atoms with E-state index in [1.54, 1.807) is 7.11 Å². The van der Waals surface area contributed by atoms with Gasteiger partial charge in [-0.05, 0) is 62.2 Å². The zero-order chi connectivity index (χ0) is 23.4. The van der Waals surface area contributed by atoms with E-state index >= 15 is 0 Å². The number of aromatic nitrogens is 2. The van der Waals surface area contributed by atoms with E-state index in [0.29, 0.717) is 26.2 Å². The number of aryl methyl sites for hydroxylation is 1. The van der Waals surface area contributed by atoms with Crippen molar-refractivity contribution >= 4 is 11.7 Å². The van der Waals surface area contributed by atoms with Gasteiger partial charge >= 0.3 is 0 Å². The smallest absolute Gasteiger partial charge is 0.263 e. The van der Waals surface area contributed by atoms with Crippen LogP contribution in [-0.4, -0.2) is 60.4 Å². The number of hydrogen-bond acceptors (Lipinski definition) is 6. The zero-order valence-electron chi connectivity index (χ0n) is 19.6. The largest absolute Gasteiger partial charge is 0.497 e. The van der Waals surface area contributed by atoms with Crippen LogP contribution >= 0.6 is 0 Å². The second-order valence-corrected chi connectivity index (χ2v) is 8.28. The first kappa shape index (κ1) is 22.6. The average molecular weight is 447 g/mol. The van der Waals surface area contributed by atoms with Crippen molar-refractivity contribution in [1.29, 1.82) is 0 Å². The van der Waals surface area contributed by atoms with Crippen molar-refractivity contribution in [3.05, 3.63) is 65.7 Å². The Labute approximate surface area is 195 Å². The molecule has 33 heavy (non-hydrogen) atoms. The molecule has 1 unspecified atom stereocenters. The second kappa shape index (κ2) is 9.90. The SMILES string of the molecule is COc1cccc(-c2ccc(N3CCN(C(=O)C(C)Oc4cccc(C)c4C)CC3)nn2)c1. The lowest BCUT2D eigenvalue weighted by atomic mass is 10.1. The summed E-state index contributed by atoms with van der Waals surface area (Å²) in [6, 6.07) is 17.6. The number of carbonyl (C=O) groups is 1. The molecule has 0 spiro atoms. The number of carbonyl (C=O) groups excluding carboxylic acids is 1. The van der Waals surface area contributed by atoms with Gasteiger partial charge in [0.15, 0.2) is 11.9 Å². The summed E-state index contributed by atoms with van der Waals surface area (Å²) in [5.74, 6) is 2.37. The van der Waals surface area contributed by atoms with Gasteiger partial charge < -0.3 is 19.3 Å². The summed E-state index contributed by atoms with van der Waals surface area (Å²) < 4.78 is 11.3. The number of hydrogen-bond donors (Lipinski definition) is 0. The van der Waals surface area contributed by atoms with Crippen molar-refractivity contribution in [2.75, 3.05) is 38.2 Å². The van der Waals surface area contributed by atoms with E-state index in [9.17, 15) is 4.79 Å². The van der Waals surface area contributed by atoms with Crippen molar-refractivity contribution in [1.82, 2.24) is 15.1 Å². The van der Waals surface area contributed by atoms with E-state index in [2.05, 4.69) is 15.1 Å². The number of amides is 1. The van der Waals surface area contributed by atoms with Gasteiger partial charge in [-0.15, -0.1) is 10.2 Å². The fourth-order valence-corrected chi connectivity index (χ4v) is 3.94. The highest BCUT2D eigenvalue weighted by molar-refractivity contribution is 5.81. The molecule has 3 aromatic rings. The first-order valence-corrected chi connectivity index (χ1v) is 11.2. The third-order valence-electron chi connectivity index (χ3n) is 6.14. The Hall–Kier alpha value is -3.61. The molecule has 2 heterocycles. The molecule has 1 aliphatic rings. The zero-order valence-corrected chi connectivity index (χ0v) is 19.6. The van der Waals surface area contributed by atoms with Crippen LogP contribution in [0.25, 0.3) is 11.3 Å². The van der Waals surface area contributed by atoms with Crippen LogP contribution in [-0.2, 0) is 4.79 Å². The van der Waals surface area contributed by atoms with Gasteiger partial charge in [0.25, 0.3) is 5.91 Å². The number of benzene rings is 2. The summed E-state index contributed by atoms with van der Waals surface area (Å²) in [6.45, 7) is 8.53. The first-order chi connectivity index (χ1) is 16.0. The van der Waals surface area contributed by atoms with Crippen LogP contribution in [0.4, 0.5) is 5.82 Å². The van der Waals surface area contributed by atoms with Crippen molar-refractivity contribution in [2.45, 2.75) is 26.9 Å². The molecular formula is C26H30N4O3. The third-order valence-corrected chi connectivity index (χ3v) is 6.14. The molecule has 0 saturated carbocycles. The van der Waals surface area contributed by atoms with Crippen LogP contribution in [0, 0.1) is 13.8 Å². The van der Waals surface area contributed by atoms with E-state index in [1.807, 2.05) is 80.3 Å². The van der Waals surface area contributed by atoms with Crippen LogP contribution < -0.4 is 14.4 Å². The summed E-state index contributed by atoms with van der Waals surface area (Å²) in [7, 11) is 1.65. The van der Waals surface area contributed by atoms with Gasteiger partial charge in [0.1, 0.15) is 11.5 Å².